The fraction of sp³-hybridized carbons (Fsp3) is 0.800. The van der Waals surface area contributed by atoms with Gasteiger partial charge in [-0.1, -0.05) is 0 Å². The average Bonchev–Trinajstić information content (AvgIpc) is 2.19. The molecular formula is C5H9NO2. The van der Waals surface area contributed by atoms with Crippen molar-refractivity contribution in [2.24, 2.45) is 0 Å². The molecule has 1 N–H and O–H groups in total. The number of rotatable bonds is 2. The normalized spacial score (nSPS) is 27.8. The highest BCUT2D eigenvalue weighted by Crippen LogP contribution is 2.01. The highest BCUT2D eigenvalue weighted by atomic mass is 16.5. The Morgan fingerprint density at radius 1 is 1.75 bits per heavy atom. The molecule has 1 atom stereocenters. The summed E-state index contributed by atoms with van der Waals surface area (Å²) in [4.78, 5) is 9.79. The lowest BCUT2D eigenvalue weighted by Gasteiger charge is -2.01. The van der Waals surface area contributed by atoms with E-state index in [9.17, 15) is 4.79 Å². The minimum Gasteiger partial charge on any atom is -0.379 e. The van der Waals surface area contributed by atoms with E-state index in [1.54, 1.807) is 0 Å². The van der Waals surface area contributed by atoms with Crippen molar-refractivity contribution in [3.63, 3.8) is 0 Å². The fourth-order valence-corrected chi connectivity index (χ4v) is 0.762. The smallest absolute Gasteiger partial charge is 0.207 e. The molecule has 0 radical (unpaired) electrons. The van der Waals surface area contributed by atoms with E-state index >= 15 is 0 Å². The van der Waals surface area contributed by atoms with Crippen molar-refractivity contribution in [2.45, 2.75) is 12.5 Å². The molecule has 1 amide bonds. The zero-order chi connectivity index (χ0) is 5.82. The molecule has 8 heavy (non-hydrogen) atoms. The molecule has 0 aliphatic carbocycles. The Morgan fingerprint density at radius 2 is 2.62 bits per heavy atom. The molecule has 0 aromatic carbocycles. The molecular weight excluding hydrogens is 106 g/mol. The second-order valence-electron chi connectivity index (χ2n) is 1.85. The Morgan fingerprint density at radius 3 is 3.12 bits per heavy atom. The second kappa shape index (κ2) is 2.67. The van der Waals surface area contributed by atoms with Crippen molar-refractivity contribution in [1.29, 1.82) is 0 Å². The number of nitrogens with one attached hydrogen (secondary N) is 1. The van der Waals surface area contributed by atoms with E-state index in [-0.39, 0.29) is 6.04 Å². The standard InChI is InChI=1S/C5H9NO2/c7-4-6-5-1-2-8-3-5/h4-5H,1-3H2,(H,6,7)/t5-/m0/s1. The van der Waals surface area contributed by atoms with E-state index in [1.807, 2.05) is 0 Å². The first-order chi connectivity index (χ1) is 3.93. The maximum Gasteiger partial charge on any atom is 0.207 e. The van der Waals surface area contributed by atoms with Crippen LogP contribution in [0.2, 0.25) is 0 Å². The van der Waals surface area contributed by atoms with Gasteiger partial charge in [-0.2, -0.15) is 0 Å². The summed E-state index contributed by atoms with van der Waals surface area (Å²) in [5.41, 5.74) is 0. The Hall–Kier alpha value is -0.570. The molecule has 1 fully saturated rings. The maximum atomic E-state index is 9.79. The number of hydrogen-bond donors (Lipinski definition) is 1. The Balaban J connectivity index is 2.14. The van der Waals surface area contributed by atoms with Gasteiger partial charge in [0.15, 0.2) is 0 Å². The van der Waals surface area contributed by atoms with Gasteiger partial charge < -0.3 is 10.1 Å². The van der Waals surface area contributed by atoms with Crippen LogP contribution in [0.5, 0.6) is 0 Å². The highest BCUT2D eigenvalue weighted by molar-refractivity contribution is 5.46. The van der Waals surface area contributed by atoms with E-state index in [0.29, 0.717) is 6.61 Å². The molecule has 0 aromatic rings. The van der Waals surface area contributed by atoms with Gasteiger partial charge in [0.2, 0.25) is 6.41 Å². The summed E-state index contributed by atoms with van der Waals surface area (Å²) in [6.07, 6.45) is 1.68. The number of ether oxygens (including phenoxy) is 1. The molecule has 0 spiro atoms. The van der Waals surface area contributed by atoms with Crippen molar-refractivity contribution < 1.29 is 9.53 Å². The largest absolute Gasteiger partial charge is 0.379 e. The van der Waals surface area contributed by atoms with Crippen molar-refractivity contribution in [3.8, 4) is 0 Å². The lowest BCUT2D eigenvalue weighted by molar-refractivity contribution is -0.110. The van der Waals surface area contributed by atoms with Crippen LogP contribution in [0.1, 0.15) is 6.42 Å². The van der Waals surface area contributed by atoms with Gasteiger partial charge in [-0.15, -0.1) is 0 Å². The highest BCUT2D eigenvalue weighted by Gasteiger charge is 2.12. The minimum atomic E-state index is 0.271. The average molecular weight is 115 g/mol. The van der Waals surface area contributed by atoms with E-state index < -0.39 is 0 Å². The van der Waals surface area contributed by atoms with Gasteiger partial charge in [0.1, 0.15) is 0 Å². The van der Waals surface area contributed by atoms with Gasteiger partial charge in [0.05, 0.1) is 12.6 Å². The molecule has 1 heterocycles. The number of carbonyl (C=O) groups is 1. The molecule has 0 saturated carbocycles. The monoisotopic (exact) mass is 115 g/mol. The van der Waals surface area contributed by atoms with E-state index in [1.165, 1.54) is 0 Å². The first-order valence-corrected chi connectivity index (χ1v) is 2.71. The van der Waals surface area contributed by atoms with E-state index in [2.05, 4.69) is 5.32 Å². The van der Waals surface area contributed by atoms with E-state index in [0.717, 1.165) is 19.4 Å². The molecule has 1 aliphatic heterocycles. The molecule has 1 aliphatic rings. The molecule has 1 rings (SSSR count). The third kappa shape index (κ3) is 1.20. The maximum absolute atomic E-state index is 9.79. The van der Waals surface area contributed by atoms with Crippen LogP contribution >= 0.6 is 0 Å². The summed E-state index contributed by atoms with van der Waals surface area (Å²) in [5, 5.41) is 2.64. The molecule has 3 nitrogen and oxygen atoms in total. The molecule has 0 aromatic heterocycles. The van der Waals surface area contributed by atoms with Gasteiger partial charge in [0, 0.05) is 6.61 Å². The number of hydrogen-bond acceptors (Lipinski definition) is 2. The molecule has 1 saturated heterocycles. The first kappa shape index (κ1) is 5.56. The summed E-state index contributed by atoms with van der Waals surface area (Å²) in [5.74, 6) is 0. The fourth-order valence-electron chi connectivity index (χ4n) is 0.762. The zero-order valence-corrected chi connectivity index (χ0v) is 4.59. The van der Waals surface area contributed by atoms with Gasteiger partial charge in [0.25, 0.3) is 0 Å². The quantitative estimate of drug-likeness (QED) is 0.494. The van der Waals surface area contributed by atoms with Crippen molar-refractivity contribution in [3.05, 3.63) is 0 Å². The van der Waals surface area contributed by atoms with Crippen LogP contribution in [0.4, 0.5) is 0 Å². The third-order valence-electron chi connectivity index (χ3n) is 1.23. The van der Waals surface area contributed by atoms with Gasteiger partial charge in [-0.25, -0.2) is 0 Å². The van der Waals surface area contributed by atoms with E-state index in [4.69, 9.17) is 4.74 Å². The van der Waals surface area contributed by atoms with Crippen LogP contribution in [0, 0.1) is 0 Å². The number of amides is 1. The Bertz CT molecular complexity index is 78.5. The zero-order valence-electron chi connectivity index (χ0n) is 4.59. The third-order valence-corrected chi connectivity index (χ3v) is 1.23. The molecule has 46 valence electrons. The molecule has 3 heteroatoms. The van der Waals surface area contributed by atoms with Gasteiger partial charge in [-0.05, 0) is 6.42 Å². The summed E-state index contributed by atoms with van der Waals surface area (Å²) in [7, 11) is 0. The summed E-state index contributed by atoms with van der Waals surface area (Å²) in [6, 6.07) is 0.271. The SMILES string of the molecule is O=CN[C@H]1CCOC1. The Kier molecular flexibility index (Phi) is 1.86. The topological polar surface area (TPSA) is 38.3 Å². The lowest BCUT2D eigenvalue weighted by Crippen LogP contribution is -2.27. The second-order valence-corrected chi connectivity index (χ2v) is 1.85. The van der Waals surface area contributed by atoms with Crippen molar-refractivity contribution in [2.75, 3.05) is 13.2 Å². The van der Waals surface area contributed by atoms with Crippen LogP contribution in [-0.2, 0) is 9.53 Å². The predicted octanol–water partition coefficient (Wildman–Crippen LogP) is -0.479. The Labute approximate surface area is 48.0 Å². The predicted molar refractivity (Wildman–Crippen MR) is 28.4 cm³/mol. The van der Waals surface area contributed by atoms with Crippen LogP contribution < -0.4 is 5.32 Å². The summed E-state index contributed by atoms with van der Waals surface area (Å²) < 4.78 is 4.99. The van der Waals surface area contributed by atoms with Crippen LogP contribution in [-0.4, -0.2) is 25.7 Å². The summed E-state index contributed by atoms with van der Waals surface area (Å²) >= 11 is 0. The minimum absolute atomic E-state index is 0.271. The first-order valence-electron chi connectivity index (χ1n) is 2.71. The summed E-state index contributed by atoms with van der Waals surface area (Å²) in [6.45, 7) is 1.46. The van der Waals surface area contributed by atoms with Gasteiger partial charge in [-0.3, -0.25) is 4.79 Å². The molecule has 0 unspecified atom stereocenters. The van der Waals surface area contributed by atoms with Crippen molar-refractivity contribution >= 4 is 6.41 Å². The van der Waals surface area contributed by atoms with Crippen LogP contribution in [0.15, 0.2) is 0 Å². The lowest BCUT2D eigenvalue weighted by atomic mass is 10.3. The number of carbonyl (C=O) groups excluding carboxylic acids is 1. The van der Waals surface area contributed by atoms with Crippen molar-refractivity contribution in [1.82, 2.24) is 5.32 Å². The van der Waals surface area contributed by atoms with Crippen LogP contribution in [0.3, 0.4) is 0 Å². The molecule has 0 bridgehead atoms. The van der Waals surface area contributed by atoms with Gasteiger partial charge >= 0.3 is 0 Å². The van der Waals surface area contributed by atoms with Crippen LogP contribution in [0.25, 0.3) is 0 Å².